The summed E-state index contributed by atoms with van der Waals surface area (Å²) < 4.78 is 68.3. The van der Waals surface area contributed by atoms with Crippen LogP contribution in [0.25, 0.3) is 0 Å². The van der Waals surface area contributed by atoms with E-state index < -0.39 is 97.5 Å². The van der Waals surface area contributed by atoms with Gasteiger partial charge in [-0.2, -0.15) is 0 Å². The van der Waals surface area contributed by atoms with Gasteiger partial charge in [-0.1, -0.05) is 299 Å². The second-order valence-electron chi connectivity index (χ2n) is 26.5. The number of phosphoric ester groups is 2. The average molecular weight is 1310 g/mol. The number of aliphatic hydroxyl groups excluding tert-OH is 1. The third kappa shape index (κ3) is 63.2. The highest BCUT2D eigenvalue weighted by Crippen LogP contribution is 2.45. The normalized spacial score (nSPS) is 14.5. The Morgan fingerprint density at radius 2 is 0.573 bits per heavy atom. The molecule has 0 rings (SSSR count). The van der Waals surface area contributed by atoms with Crippen LogP contribution >= 0.6 is 15.6 Å². The van der Waals surface area contributed by atoms with E-state index in [1.807, 2.05) is 0 Å². The monoisotopic (exact) mass is 1310 g/mol. The van der Waals surface area contributed by atoms with Crippen LogP contribution < -0.4 is 0 Å². The Bertz CT molecular complexity index is 1750. The molecule has 528 valence electrons. The molecule has 0 aliphatic heterocycles. The number of hydrogen-bond donors (Lipinski definition) is 3. The van der Waals surface area contributed by atoms with Gasteiger partial charge in [0.25, 0.3) is 0 Å². The average Bonchev–Trinajstić information content (AvgIpc) is 3.52. The van der Waals surface area contributed by atoms with E-state index in [0.717, 1.165) is 108 Å². The fraction of sp³-hybridized carbons (Fsp3) is 0.943. The lowest BCUT2D eigenvalue weighted by molar-refractivity contribution is -0.161. The number of carbonyl (C=O) groups is 4. The first-order valence-electron chi connectivity index (χ1n) is 36.4. The van der Waals surface area contributed by atoms with Gasteiger partial charge in [-0.05, 0) is 43.4 Å². The minimum absolute atomic E-state index is 0.104. The van der Waals surface area contributed by atoms with Crippen LogP contribution in [0.4, 0.5) is 0 Å². The highest BCUT2D eigenvalue weighted by molar-refractivity contribution is 7.47. The Kier molecular flexibility index (Phi) is 59.6. The van der Waals surface area contributed by atoms with Gasteiger partial charge in [0.15, 0.2) is 12.2 Å². The van der Waals surface area contributed by atoms with Gasteiger partial charge in [-0.3, -0.25) is 37.3 Å². The molecule has 0 aliphatic rings. The van der Waals surface area contributed by atoms with Crippen molar-refractivity contribution in [1.29, 1.82) is 0 Å². The van der Waals surface area contributed by atoms with E-state index in [9.17, 15) is 43.2 Å². The van der Waals surface area contributed by atoms with Crippen LogP contribution in [0, 0.1) is 17.8 Å². The predicted molar refractivity (Wildman–Crippen MR) is 358 cm³/mol. The number of phosphoric acid groups is 2. The van der Waals surface area contributed by atoms with Crippen molar-refractivity contribution in [2.75, 3.05) is 39.6 Å². The minimum atomic E-state index is -4.95. The molecule has 19 heteroatoms. The third-order valence-electron chi connectivity index (χ3n) is 16.5. The maximum atomic E-state index is 13.0. The van der Waals surface area contributed by atoms with Crippen LogP contribution in [-0.4, -0.2) is 96.7 Å². The van der Waals surface area contributed by atoms with E-state index in [1.54, 1.807) is 0 Å². The van der Waals surface area contributed by atoms with Gasteiger partial charge in [0.05, 0.1) is 26.4 Å². The molecule has 0 heterocycles. The molecule has 0 radical (unpaired) electrons. The molecule has 0 aromatic heterocycles. The summed E-state index contributed by atoms with van der Waals surface area (Å²) >= 11 is 0. The van der Waals surface area contributed by atoms with E-state index in [4.69, 9.17) is 37.0 Å². The fourth-order valence-corrected chi connectivity index (χ4v) is 12.1. The van der Waals surface area contributed by atoms with Crippen LogP contribution in [0.2, 0.25) is 0 Å². The van der Waals surface area contributed by atoms with Crippen molar-refractivity contribution < 1.29 is 80.2 Å². The van der Waals surface area contributed by atoms with Crippen LogP contribution in [0.15, 0.2) is 0 Å². The molecule has 0 aliphatic carbocycles. The first-order chi connectivity index (χ1) is 42.8. The molecular weight excluding hydrogens is 1170 g/mol. The maximum Gasteiger partial charge on any atom is 0.472 e. The molecular formula is C70H136O17P2. The topological polar surface area (TPSA) is 237 Å². The molecule has 3 unspecified atom stereocenters. The molecule has 0 bridgehead atoms. The summed E-state index contributed by atoms with van der Waals surface area (Å²) in [6.07, 6.45) is 44.3. The van der Waals surface area contributed by atoms with Gasteiger partial charge in [-0.15, -0.1) is 0 Å². The minimum Gasteiger partial charge on any atom is -0.462 e. The van der Waals surface area contributed by atoms with E-state index in [2.05, 4.69) is 48.5 Å². The fourth-order valence-electron chi connectivity index (χ4n) is 10.5. The van der Waals surface area contributed by atoms with Crippen LogP contribution in [0.3, 0.4) is 0 Å². The SMILES string of the molecule is CCCCCCCCCCCCCC(=O)OC[C@H](COP(=O)(O)OC[C@H](O)COP(=O)(O)OC[C@@H](COC(=O)CCCCCCCCCCCCC(C)C)OC(=O)CCCCCCCCCCCCC(C)CC)OC(=O)CCCCCCCCCCC(C)C. The standard InChI is InChI=1S/C70H136O17P2/c1-8-10-11-12-13-14-15-22-30-37-44-51-67(72)80-58-66(87-70(75)54-47-40-33-26-25-28-35-42-49-62(5)6)60-85-89(78,79)83-56-64(71)55-82-88(76,77)84-59-65(57-81-68(73)52-45-38-31-23-18-16-20-27-34-41-48-61(3)4)86-69(74)53-46-39-32-24-19-17-21-29-36-43-50-63(7)9-2/h61-66,71H,8-60H2,1-7H3,(H,76,77)(H,78,79)/t63?,64-,65-,66-/m1/s1. The molecule has 0 fully saturated rings. The van der Waals surface area contributed by atoms with Crippen LogP contribution in [0.1, 0.15) is 350 Å². The molecule has 0 spiro atoms. The number of aliphatic hydroxyl groups is 1. The predicted octanol–water partition coefficient (Wildman–Crippen LogP) is 19.8. The number of unbranched alkanes of at least 4 members (excludes halogenated alkanes) is 35. The molecule has 0 saturated heterocycles. The van der Waals surface area contributed by atoms with Gasteiger partial charge in [-0.25, -0.2) is 9.13 Å². The third-order valence-corrected chi connectivity index (χ3v) is 18.4. The quantitative estimate of drug-likeness (QED) is 0.0222. The smallest absolute Gasteiger partial charge is 0.462 e. The molecule has 89 heavy (non-hydrogen) atoms. The zero-order valence-corrected chi connectivity index (χ0v) is 59.7. The highest BCUT2D eigenvalue weighted by atomic mass is 31.2. The number of rotatable bonds is 68. The first-order valence-corrected chi connectivity index (χ1v) is 39.4. The van der Waals surface area contributed by atoms with Crippen LogP contribution in [-0.2, 0) is 65.4 Å². The van der Waals surface area contributed by atoms with E-state index in [1.165, 1.54) is 161 Å². The van der Waals surface area contributed by atoms with E-state index in [-0.39, 0.29) is 25.7 Å². The lowest BCUT2D eigenvalue weighted by Gasteiger charge is -2.21. The first kappa shape index (κ1) is 87.1. The molecule has 17 nitrogen and oxygen atoms in total. The summed E-state index contributed by atoms with van der Waals surface area (Å²) in [5.41, 5.74) is 0. The maximum absolute atomic E-state index is 13.0. The van der Waals surface area contributed by atoms with Crippen molar-refractivity contribution in [1.82, 2.24) is 0 Å². The van der Waals surface area contributed by atoms with E-state index in [0.29, 0.717) is 25.7 Å². The Morgan fingerprint density at radius 1 is 0.326 bits per heavy atom. The van der Waals surface area contributed by atoms with Gasteiger partial charge in [0.1, 0.15) is 19.3 Å². The summed E-state index contributed by atoms with van der Waals surface area (Å²) in [5, 5.41) is 10.6. The summed E-state index contributed by atoms with van der Waals surface area (Å²) in [5.74, 6) is 0.153. The molecule has 0 aromatic carbocycles. The van der Waals surface area contributed by atoms with E-state index >= 15 is 0 Å². The number of esters is 4. The van der Waals surface area contributed by atoms with Crippen molar-refractivity contribution in [2.45, 2.75) is 369 Å². The van der Waals surface area contributed by atoms with Gasteiger partial charge in [0.2, 0.25) is 0 Å². The zero-order valence-electron chi connectivity index (χ0n) is 57.9. The second-order valence-corrected chi connectivity index (χ2v) is 29.4. The Balaban J connectivity index is 5.26. The lowest BCUT2D eigenvalue weighted by Crippen LogP contribution is -2.30. The Labute approximate surface area is 543 Å². The molecule has 0 saturated carbocycles. The Morgan fingerprint density at radius 3 is 0.854 bits per heavy atom. The number of ether oxygens (including phenoxy) is 4. The zero-order chi connectivity index (χ0) is 65.9. The summed E-state index contributed by atoms with van der Waals surface area (Å²) in [6, 6.07) is 0. The molecule has 3 N–H and O–H groups in total. The molecule has 0 aromatic rings. The number of carbonyl (C=O) groups excluding carboxylic acids is 4. The molecule has 0 amide bonds. The van der Waals surface area contributed by atoms with Gasteiger partial charge in [0, 0.05) is 25.7 Å². The van der Waals surface area contributed by atoms with Gasteiger partial charge < -0.3 is 33.8 Å². The van der Waals surface area contributed by atoms with Crippen molar-refractivity contribution in [3.05, 3.63) is 0 Å². The van der Waals surface area contributed by atoms with Crippen molar-refractivity contribution in [3.63, 3.8) is 0 Å². The van der Waals surface area contributed by atoms with Crippen molar-refractivity contribution in [2.24, 2.45) is 17.8 Å². The summed E-state index contributed by atoms with van der Waals surface area (Å²) in [4.78, 5) is 72.5. The Hall–Kier alpha value is -1.94. The van der Waals surface area contributed by atoms with Crippen LogP contribution in [0.5, 0.6) is 0 Å². The summed E-state index contributed by atoms with van der Waals surface area (Å²) in [7, 11) is -9.90. The number of hydrogen-bond acceptors (Lipinski definition) is 15. The van der Waals surface area contributed by atoms with Crippen molar-refractivity contribution in [3.8, 4) is 0 Å². The molecule has 6 atom stereocenters. The van der Waals surface area contributed by atoms with Gasteiger partial charge >= 0.3 is 39.5 Å². The lowest BCUT2D eigenvalue weighted by atomic mass is 9.99. The highest BCUT2D eigenvalue weighted by Gasteiger charge is 2.30. The summed E-state index contributed by atoms with van der Waals surface area (Å²) in [6.45, 7) is 11.8. The largest absolute Gasteiger partial charge is 0.472 e. The van der Waals surface area contributed by atoms with Crippen molar-refractivity contribution >= 4 is 39.5 Å². The second kappa shape index (κ2) is 61.0.